The first-order valence-electron chi connectivity index (χ1n) is 10.3. The van der Waals surface area contributed by atoms with Crippen molar-refractivity contribution in [3.8, 4) is 0 Å². The van der Waals surface area contributed by atoms with Crippen molar-refractivity contribution in [2.45, 2.75) is 65.0 Å². The van der Waals surface area contributed by atoms with E-state index in [0.29, 0.717) is 43.7 Å². The number of sulfone groups is 1. The molecule has 2 heterocycles. The fourth-order valence-electron chi connectivity index (χ4n) is 3.30. The second kappa shape index (κ2) is 11.2. The van der Waals surface area contributed by atoms with Crippen molar-refractivity contribution in [3.63, 3.8) is 0 Å². The topological polar surface area (TPSA) is 126 Å². The zero-order valence-electron chi connectivity index (χ0n) is 17.5. The van der Waals surface area contributed by atoms with Gasteiger partial charge >= 0.3 is 0 Å². The number of amides is 1. The van der Waals surface area contributed by atoms with Crippen LogP contribution < -0.4 is 16.0 Å². The molecule has 9 nitrogen and oxygen atoms in total. The summed E-state index contributed by atoms with van der Waals surface area (Å²) in [6, 6.07) is 1.68. The zero-order chi connectivity index (χ0) is 21.3. The molecule has 10 heteroatoms. The Hall–Kier alpha value is -2.10. The van der Waals surface area contributed by atoms with E-state index < -0.39 is 9.84 Å². The van der Waals surface area contributed by atoms with Crippen LogP contribution in [0.2, 0.25) is 0 Å². The van der Waals surface area contributed by atoms with Crippen molar-refractivity contribution >= 4 is 21.7 Å². The van der Waals surface area contributed by atoms with Crippen LogP contribution in [-0.4, -0.2) is 56.1 Å². The molecule has 164 valence electrons. The van der Waals surface area contributed by atoms with Crippen LogP contribution in [0, 0.1) is 0 Å². The number of carbonyl (C=O) groups excluding carboxylic acids is 1. The summed E-state index contributed by atoms with van der Waals surface area (Å²) in [5.74, 6) is 1.70. The molecule has 1 amide bonds. The quantitative estimate of drug-likeness (QED) is 0.380. The third-order valence-corrected chi connectivity index (χ3v) is 6.73. The van der Waals surface area contributed by atoms with Crippen molar-refractivity contribution < 1.29 is 17.7 Å². The molecule has 1 fully saturated rings. The number of carbonyl (C=O) groups is 1. The normalized spacial score (nSPS) is 18.8. The molecule has 1 unspecified atom stereocenters. The molecule has 2 rings (SSSR count). The van der Waals surface area contributed by atoms with E-state index in [4.69, 9.17) is 4.52 Å². The molecule has 1 aromatic heterocycles. The predicted molar refractivity (Wildman–Crippen MR) is 112 cm³/mol. The number of aromatic nitrogens is 1. The Balaban J connectivity index is 1.79. The summed E-state index contributed by atoms with van der Waals surface area (Å²) in [7, 11) is -3.00. The lowest BCUT2D eigenvalue weighted by atomic mass is 9.99. The van der Waals surface area contributed by atoms with E-state index in [0.717, 1.165) is 18.5 Å². The molecule has 29 heavy (non-hydrogen) atoms. The molecule has 3 N–H and O–H groups in total. The van der Waals surface area contributed by atoms with Crippen LogP contribution in [0.5, 0.6) is 0 Å². The van der Waals surface area contributed by atoms with E-state index >= 15 is 0 Å². The Morgan fingerprint density at radius 3 is 2.69 bits per heavy atom. The van der Waals surface area contributed by atoms with Gasteiger partial charge in [0.05, 0.1) is 17.2 Å². The lowest BCUT2D eigenvalue weighted by molar-refractivity contribution is -0.121. The van der Waals surface area contributed by atoms with Gasteiger partial charge in [-0.15, -0.1) is 0 Å². The number of hydrogen-bond donors (Lipinski definition) is 3. The summed E-state index contributed by atoms with van der Waals surface area (Å²) in [4.78, 5) is 16.5. The van der Waals surface area contributed by atoms with Gasteiger partial charge in [-0.25, -0.2) is 13.4 Å². The van der Waals surface area contributed by atoms with Gasteiger partial charge in [0.1, 0.15) is 6.54 Å². The van der Waals surface area contributed by atoms with Crippen LogP contribution >= 0.6 is 0 Å². The number of nitrogens with zero attached hydrogens (tertiary/aromatic N) is 2. The molecular formula is C19H33N5O4S. The number of guanidine groups is 1. The van der Waals surface area contributed by atoms with E-state index in [2.05, 4.69) is 39.9 Å². The van der Waals surface area contributed by atoms with Gasteiger partial charge in [-0.2, -0.15) is 0 Å². The summed E-state index contributed by atoms with van der Waals surface area (Å²) in [5.41, 5.74) is 0.962. The van der Waals surface area contributed by atoms with Crippen molar-refractivity contribution in [2.75, 3.05) is 24.6 Å². The molecule has 1 saturated heterocycles. The van der Waals surface area contributed by atoms with Crippen LogP contribution in [0.1, 0.15) is 63.8 Å². The van der Waals surface area contributed by atoms with Crippen molar-refractivity contribution in [1.82, 2.24) is 21.1 Å². The predicted octanol–water partition coefficient (Wildman–Crippen LogP) is 1.33. The van der Waals surface area contributed by atoms with Crippen LogP contribution in [-0.2, 0) is 21.2 Å². The third-order valence-electron chi connectivity index (χ3n) is 4.96. The minimum atomic E-state index is -3.00. The largest absolute Gasteiger partial charge is 0.359 e. The summed E-state index contributed by atoms with van der Waals surface area (Å²) >= 11 is 0. The first-order chi connectivity index (χ1) is 13.9. The van der Waals surface area contributed by atoms with Gasteiger partial charge in [0.15, 0.2) is 21.6 Å². The highest BCUT2D eigenvalue weighted by molar-refractivity contribution is 7.91. The van der Waals surface area contributed by atoms with Gasteiger partial charge < -0.3 is 20.5 Å². The molecule has 0 saturated carbocycles. The minimum Gasteiger partial charge on any atom is -0.359 e. The highest BCUT2D eigenvalue weighted by Crippen LogP contribution is 2.22. The van der Waals surface area contributed by atoms with Crippen LogP contribution in [0.25, 0.3) is 0 Å². The van der Waals surface area contributed by atoms with E-state index in [9.17, 15) is 13.2 Å². The lowest BCUT2D eigenvalue weighted by Gasteiger charge is -2.13. The third kappa shape index (κ3) is 7.68. The molecule has 1 aliphatic rings. The van der Waals surface area contributed by atoms with Crippen LogP contribution in [0.3, 0.4) is 0 Å². The van der Waals surface area contributed by atoms with E-state index in [-0.39, 0.29) is 29.9 Å². The summed E-state index contributed by atoms with van der Waals surface area (Å²) in [6.45, 7) is 7.67. The maximum Gasteiger partial charge on any atom is 0.222 e. The van der Waals surface area contributed by atoms with Gasteiger partial charge in [0, 0.05) is 37.5 Å². The van der Waals surface area contributed by atoms with Gasteiger partial charge in [-0.3, -0.25) is 4.79 Å². The SMILES string of the molecule is CCNC(=NCc1cc(C(CC)CC)no1)NCCC(=O)NC1CCS(=O)(=O)C1. The van der Waals surface area contributed by atoms with Gasteiger partial charge in [-0.05, 0) is 26.2 Å². The molecule has 1 aliphatic heterocycles. The minimum absolute atomic E-state index is 0.0341. The summed E-state index contributed by atoms with van der Waals surface area (Å²) in [6.07, 6.45) is 2.76. The number of nitrogens with one attached hydrogen (secondary N) is 3. The monoisotopic (exact) mass is 427 g/mol. The Bertz CT molecular complexity index is 786. The standard InChI is InChI=1S/C19H33N5O4S/c1-4-14(5-2)17-11-16(28-24-17)12-22-19(20-6-3)21-9-7-18(25)23-15-8-10-29(26,27)13-15/h11,14-15H,4-10,12-13H2,1-3H3,(H,23,25)(H2,20,21,22). The maximum absolute atomic E-state index is 12.0. The highest BCUT2D eigenvalue weighted by Gasteiger charge is 2.28. The molecule has 0 radical (unpaired) electrons. The van der Waals surface area contributed by atoms with Crippen LogP contribution in [0.4, 0.5) is 0 Å². The molecule has 0 spiro atoms. The molecular weight excluding hydrogens is 394 g/mol. The number of aliphatic imine (C=N–C) groups is 1. The lowest BCUT2D eigenvalue weighted by Crippen LogP contribution is -2.41. The molecule has 0 aliphatic carbocycles. The summed E-state index contributed by atoms with van der Waals surface area (Å²) in [5, 5.41) is 13.2. The van der Waals surface area contributed by atoms with Gasteiger partial charge in [0.25, 0.3) is 0 Å². The highest BCUT2D eigenvalue weighted by atomic mass is 32.2. The number of rotatable bonds is 10. The van der Waals surface area contributed by atoms with Gasteiger partial charge in [0.2, 0.25) is 5.91 Å². The maximum atomic E-state index is 12.0. The van der Waals surface area contributed by atoms with E-state index in [1.165, 1.54) is 0 Å². The molecule has 1 atom stereocenters. The zero-order valence-corrected chi connectivity index (χ0v) is 18.3. The van der Waals surface area contributed by atoms with Gasteiger partial charge in [-0.1, -0.05) is 19.0 Å². The van der Waals surface area contributed by atoms with Crippen molar-refractivity contribution in [2.24, 2.45) is 4.99 Å². The first kappa shape index (κ1) is 23.2. The fourth-order valence-corrected chi connectivity index (χ4v) is 4.98. The van der Waals surface area contributed by atoms with Crippen molar-refractivity contribution in [1.29, 1.82) is 0 Å². The fraction of sp³-hybridized carbons (Fsp3) is 0.737. The Kier molecular flexibility index (Phi) is 8.94. The molecule has 0 aromatic carbocycles. The average molecular weight is 428 g/mol. The second-order valence-corrected chi connectivity index (χ2v) is 9.50. The molecule has 0 bridgehead atoms. The first-order valence-corrected chi connectivity index (χ1v) is 12.2. The number of hydrogen-bond acceptors (Lipinski definition) is 6. The van der Waals surface area contributed by atoms with Crippen LogP contribution in [0.15, 0.2) is 15.6 Å². The smallest absolute Gasteiger partial charge is 0.222 e. The average Bonchev–Trinajstić information content (AvgIpc) is 3.27. The summed E-state index contributed by atoms with van der Waals surface area (Å²) < 4.78 is 28.3. The Morgan fingerprint density at radius 1 is 1.31 bits per heavy atom. The molecule has 1 aromatic rings. The Labute approximate surface area is 173 Å². The second-order valence-electron chi connectivity index (χ2n) is 7.27. The van der Waals surface area contributed by atoms with Crippen molar-refractivity contribution in [3.05, 3.63) is 17.5 Å². The van der Waals surface area contributed by atoms with E-state index in [1.54, 1.807) is 0 Å². The Morgan fingerprint density at radius 2 is 2.07 bits per heavy atom. The van der Waals surface area contributed by atoms with E-state index in [1.807, 2.05) is 13.0 Å².